The molecule has 90 valence electrons. The fourth-order valence-corrected chi connectivity index (χ4v) is 2.15. The molecule has 4 heteroatoms. The highest BCUT2D eigenvalue weighted by Gasteiger charge is 2.35. The van der Waals surface area contributed by atoms with Crippen LogP contribution in [0.5, 0.6) is 0 Å². The fraction of sp³-hybridized carbons (Fsp3) is 0.143. The van der Waals surface area contributed by atoms with Gasteiger partial charge >= 0.3 is 0 Å². The molecule has 0 N–H and O–H groups in total. The van der Waals surface area contributed by atoms with Gasteiger partial charge in [0, 0.05) is 24.4 Å². The van der Waals surface area contributed by atoms with Crippen LogP contribution in [0.25, 0.3) is 0 Å². The van der Waals surface area contributed by atoms with Crippen LogP contribution in [0.15, 0.2) is 54.6 Å². The van der Waals surface area contributed by atoms with Crippen molar-refractivity contribution in [2.24, 2.45) is 0 Å². The number of nitrogens with zero attached hydrogens (tertiary/aromatic N) is 2. The third-order valence-electron chi connectivity index (χ3n) is 3.19. The molecular weight excluding hydrogens is 228 g/mol. The van der Waals surface area contributed by atoms with Gasteiger partial charge in [-0.3, -0.25) is 10.1 Å². The molecule has 0 aromatic heterocycles. The number of rotatable bonds is 3. The summed E-state index contributed by atoms with van der Waals surface area (Å²) >= 11 is 0. The summed E-state index contributed by atoms with van der Waals surface area (Å²) in [5, 5.41) is 10.6. The number of nitro benzene ring substituents is 1. The molecule has 1 saturated heterocycles. The zero-order chi connectivity index (χ0) is 12.5. The van der Waals surface area contributed by atoms with E-state index in [1.807, 2.05) is 18.2 Å². The van der Waals surface area contributed by atoms with E-state index in [-0.39, 0.29) is 10.6 Å². The van der Waals surface area contributed by atoms with E-state index in [0.29, 0.717) is 6.04 Å². The maximum atomic E-state index is 10.6. The van der Waals surface area contributed by atoms with Crippen LogP contribution in [0, 0.1) is 10.1 Å². The molecule has 3 rings (SSSR count). The molecule has 1 aliphatic rings. The maximum Gasteiger partial charge on any atom is 0.269 e. The van der Waals surface area contributed by atoms with Gasteiger partial charge in [0.15, 0.2) is 0 Å². The molecule has 4 nitrogen and oxygen atoms in total. The largest absolute Gasteiger partial charge is 0.360 e. The number of benzene rings is 2. The van der Waals surface area contributed by atoms with Crippen molar-refractivity contribution in [2.75, 3.05) is 11.4 Å². The smallest absolute Gasteiger partial charge is 0.269 e. The third kappa shape index (κ3) is 1.93. The number of hydrogen-bond acceptors (Lipinski definition) is 3. The Kier molecular flexibility index (Phi) is 2.48. The molecular formula is C14H12N2O2. The normalized spacial score (nSPS) is 17.6. The van der Waals surface area contributed by atoms with E-state index in [9.17, 15) is 10.1 Å². The Morgan fingerprint density at radius 2 is 1.72 bits per heavy atom. The lowest BCUT2D eigenvalue weighted by molar-refractivity contribution is -0.384. The predicted molar refractivity (Wildman–Crippen MR) is 69.6 cm³/mol. The Morgan fingerprint density at radius 1 is 1.06 bits per heavy atom. The Bertz CT molecular complexity index is 566. The maximum absolute atomic E-state index is 10.6. The van der Waals surface area contributed by atoms with Gasteiger partial charge in [0.1, 0.15) is 0 Å². The van der Waals surface area contributed by atoms with Crippen molar-refractivity contribution in [1.82, 2.24) is 0 Å². The second-order valence-electron chi connectivity index (χ2n) is 4.35. The van der Waals surface area contributed by atoms with E-state index in [4.69, 9.17) is 0 Å². The van der Waals surface area contributed by atoms with Crippen molar-refractivity contribution in [3.8, 4) is 0 Å². The molecule has 1 heterocycles. The van der Waals surface area contributed by atoms with Crippen LogP contribution < -0.4 is 4.90 Å². The van der Waals surface area contributed by atoms with E-state index in [2.05, 4.69) is 17.0 Å². The van der Waals surface area contributed by atoms with E-state index >= 15 is 0 Å². The van der Waals surface area contributed by atoms with E-state index in [1.165, 1.54) is 5.56 Å². The Balaban J connectivity index is 1.77. The highest BCUT2D eigenvalue weighted by molar-refractivity contribution is 5.58. The monoisotopic (exact) mass is 240 g/mol. The van der Waals surface area contributed by atoms with Gasteiger partial charge in [0.05, 0.1) is 11.0 Å². The molecule has 0 amide bonds. The zero-order valence-electron chi connectivity index (χ0n) is 9.69. The summed E-state index contributed by atoms with van der Waals surface area (Å²) in [4.78, 5) is 12.4. The number of nitro groups is 1. The van der Waals surface area contributed by atoms with E-state index < -0.39 is 0 Å². The van der Waals surface area contributed by atoms with Crippen molar-refractivity contribution in [3.05, 3.63) is 70.3 Å². The third-order valence-corrected chi connectivity index (χ3v) is 3.19. The molecule has 0 bridgehead atoms. The molecule has 0 aliphatic carbocycles. The standard InChI is InChI=1S/C14H12N2O2/c17-16(18)13-8-6-12(7-9-13)15-10-14(15)11-4-2-1-3-5-11/h1-9,14H,10H2. The lowest BCUT2D eigenvalue weighted by atomic mass is 10.1. The SMILES string of the molecule is O=[N+]([O-])c1ccc(N2CC2c2ccccc2)cc1. The fourth-order valence-electron chi connectivity index (χ4n) is 2.15. The zero-order valence-corrected chi connectivity index (χ0v) is 9.69. The van der Waals surface area contributed by atoms with Crippen LogP contribution in [0.2, 0.25) is 0 Å². The second-order valence-corrected chi connectivity index (χ2v) is 4.35. The molecule has 1 unspecified atom stereocenters. The van der Waals surface area contributed by atoms with Crippen LogP contribution in [-0.4, -0.2) is 11.5 Å². The van der Waals surface area contributed by atoms with Crippen molar-refractivity contribution in [3.63, 3.8) is 0 Å². The van der Waals surface area contributed by atoms with Crippen molar-refractivity contribution in [1.29, 1.82) is 0 Å². The first-order valence-corrected chi connectivity index (χ1v) is 5.82. The van der Waals surface area contributed by atoms with Crippen molar-refractivity contribution >= 4 is 11.4 Å². The molecule has 0 radical (unpaired) electrons. The number of non-ortho nitro benzene ring substituents is 1. The molecule has 1 fully saturated rings. The van der Waals surface area contributed by atoms with Crippen LogP contribution in [0.4, 0.5) is 11.4 Å². The van der Waals surface area contributed by atoms with E-state index in [0.717, 1.165) is 12.2 Å². The van der Waals surface area contributed by atoms with Gasteiger partial charge < -0.3 is 4.90 Å². The van der Waals surface area contributed by atoms with Crippen molar-refractivity contribution < 1.29 is 4.92 Å². The van der Waals surface area contributed by atoms with Crippen LogP contribution in [0.3, 0.4) is 0 Å². The number of anilines is 1. The second kappa shape index (κ2) is 4.14. The van der Waals surface area contributed by atoms with Crippen LogP contribution in [0.1, 0.15) is 11.6 Å². The Labute approximate surface area is 105 Å². The molecule has 1 atom stereocenters. The minimum absolute atomic E-state index is 0.136. The van der Waals surface area contributed by atoms with Crippen LogP contribution in [-0.2, 0) is 0 Å². The highest BCUT2D eigenvalue weighted by Crippen LogP contribution is 2.39. The minimum Gasteiger partial charge on any atom is -0.360 e. The lowest BCUT2D eigenvalue weighted by Gasteiger charge is -2.05. The average Bonchev–Trinajstić information content (AvgIpc) is 3.20. The molecule has 0 spiro atoms. The highest BCUT2D eigenvalue weighted by atomic mass is 16.6. The molecule has 18 heavy (non-hydrogen) atoms. The van der Waals surface area contributed by atoms with Crippen LogP contribution >= 0.6 is 0 Å². The number of hydrogen-bond donors (Lipinski definition) is 0. The summed E-state index contributed by atoms with van der Waals surface area (Å²) in [6.07, 6.45) is 0. The summed E-state index contributed by atoms with van der Waals surface area (Å²) in [5.41, 5.74) is 2.46. The first kappa shape index (κ1) is 10.8. The summed E-state index contributed by atoms with van der Waals surface area (Å²) < 4.78 is 0. The molecule has 2 aromatic carbocycles. The van der Waals surface area contributed by atoms with Crippen molar-refractivity contribution in [2.45, 2.75) is 6.04 Å². The average molecular weight is 240 g/mol. The molecule has 2 aromatic rings. The topological polar surface area (TPSA) is 46.1 Å². The summed E-state index contributed by atoms with van der Waals surface area (Å²) in [7, 11) is 0. The van der Waals surface area contributed by atoms with E-state index in [1.54, 1.807) is 24.3 Å². The summed E-state index contributed by atoms with van der Waals surface area (Å²) in [6, 6.07) is 17.4. The molecule has 0 saturated carbocycles. The minimum atomic E-state index is -0.374. The predicted octanol–water partition coefficient (Wildman–Crippen LogP) is 3.16. The van der Waals surface area contributed by atoms with Gasteiger partial charge in [-0.05, 0) is 17.7 Å². The Hall–Kier alpha value is -2.36. The molecule has 1 aliphatic heterocycles. The van der Waals surface area contributed by atoms with Gasteiger partial charge in [-0.25, -0.2) is 0 Å². The van der Waals surface area contributed by atoms with Gasteiger partial charge in [0.25, 0.3) is 5.69 Å². The Morgan fingerprint density at radius 3 is 2.33 bits per heavy atom. The summed E-state index contributed by atoms with van der Waals surface area (Å²) in [6.45, 7) is 0.974. The quantitative estimate of drug-likeness (QED) is 0.470. The first-order valence-electron chi connectivity index (χ1n) is 5.82. The van der Waals surface area contributed by atoms with Gasteiger partial charge in [-0.1, -0.05) is 30.3 Å². The van der Waals surface area contributed by atoms with Gasteiger partial charge in [0.2, 0.25) is 0 Å². The van der Waals surface area contributed by atoms with Gasteiger partial charge in [-0.15, -0.1) is 0 Å². The lowest BCUT2D eigenvalue weighted by Crippen LogP contribution is -1.95. The summed E-state index contributed by atoms with van der Waals surface area (Å²) in [5.74, 6) is 0. The van der Waals surface area contributed by atoms with Gasteiger partial charge in [-0.2, -0.15) is 0 Å². The first-order chi connectivity index (χ1) is 8.75.